The molecule has 0 saturated carbocycles. The molecule has 0 radical (unpaired) electrons. The molecule has 0 unspecified atom stereocenters. The van der Waals surface area contributed by atoms with Crippen LogP contribution in [0.4, 0.5) is 0 Å². The normalized spacial score (nSPS) is 10.5. The van der Waals surface area contributed by atoms with Crippen molar-refractivity contribution in [3.8, 4) is 0 Å². The van der Waals surface area contributed by atoms with Gasteiger partial charge in [0.1, 0.15) is 5.76 Å². The van der Waals surface area contributed by atoms with Crippen molar-refractivity contribution in [2.24, 2.45) is 0 Å². The van der Waals surface area contributed by atoms with Crippen molar-refractivity contribution in [2.75, 3.05) is 0 Å². The Labute approximate surface area is 110 Å². The summed E-state index contributed by atoms with van der Waals surface area (Å²) in [6.07, 6.45) is 4.06. The van der Waals surface area contributed by atoms with E-state index in [1.54, 1.807) is 26.0 Å². The van der Waals surface area contributed by atoms with E-state index in [0.29, 0.717) is 5.76 Å². The van der Waals surface area contributed by atoms with Crippen LogP contribution in [0, 0.1) is 0 Å². The van der Waals surface area contributed by atoms with Gasteiger partial charge >= 0.3 is 11.8 Å². The molecular weight excluding hydrogens is 250 g/mol. The molecule has 7 heteroatoms. The van der Waals surface area contributed by atoms with E-state index in [4.69, 9.17) is 4.42 Å². The van der Waals surface area contributed by atoms with E-state index < -0.39 is 17.7 Å². The highest BCUT2D eigenvalue weighted by atomic mass is 16.3. The van der Waals surface area contributed by atoms with Gasteiger partial charge in [-0.25, -0.2) is 0 Å². The molecule has 0 spiro atoms. The fourth-order valence-corrected chi connectivity index (χ4v) is 1.09. The first-order chi connectivity index (χ1) is 8.99. The number of carbonyl (C=O) groups excluding carboxylic acids is 3. The van der Waals surface area contributed by atoms with Crippen molar-refractivity contribution in [1.82, 2.24) is 16.2 Å². The van der Waals surface area contributed by atoms with Crippen molar-refractivity contribution in [1.29, 1.82) is 0 Å². The van der Waals surface area contributed by atoms with Gasteiger partial charge in [-0.3, -0.25) is 25.2 Å². The molecule has 1 rings (SSSR count). The molecule has 7 nitrogen and oxygen atoms in total. The van der Waals surface area contributed by atoms with Crippen LogP contribution in [0.15, 0.2) is 28.9 Å². The molecule has 0 saturated heterocycles. The van der Waals surface area contributed by atoms with E-state index >= 15 is 0 Å². The Balaban J connectivity index is 2.34. The largest absolute Gasteiger partial charge is 0.465 e. The first-order valence-corrected chi connectivity index (χ1v) is 5.61. The molecule has 0 aliphatic heterocycles. The SMILES string of the molecule is CC(C)NC(=O)C(=O)NNC(=O)/C=C/c1ccco1. The molecule has 0 fully saturated rings. The van der Waals surface area contributed by atoms with Gasteiger partial charge in [-0.1, -0.05) is 0 Å². The lowest BCUT2D eigenvalue weighted by Crippen LogP contribution is -2.49. The Morgan fingerprint density at radius 3 is 2.53 bits per heavy atom. The molecule has 102 valence electrons. The molecule has 3 N–H and O–H groups in total. The van der Waals surface area contributed by atoms with E-state index in [0.717, 1.165) is 0 Å². The minimum atomic E-state index is -0.937. The van der Waals surface area contributed by atoms with E-state index in [1.807, 2.05) is 5.43 Å². The zero-order chi connectivity index (χ0) is 14.3. The average Bonchev–Trinajstić information content (AvgIpc) is 2.85. The summed E-state index contributed by atoms with van der Waals surface area (Å²) in [5, 5.41) is 2.39. The highest BCUT2D eigenvalue weighted by molar-refractivity contribution is 6.35. The summed E-state index contributed by atoms with van der Waals surface area (Å²) in [7, 11) is 0. The molecule has 0 aromatic carbocycles. The maximum absolute atomic E-state index is 11.3. The molecule has 0 aliphatic carbocycles. The number of nitrogens with one attached hydrogen (secondary N) is 3. The first-order valence-electron chi connectivity index (χ1n) is 5.61. The predicted molar refractivity (Wildman–Crippen MR) is 67.3 cm³/mol. The lowest BCUT2D eigenvalue weighted by atomic mass is 10.4. The smallest absolute Gasteiger partial charge is 0.327 e. The predicted octanol–water partition coefficient (Wildman–Crippen LogP) is -0.0352. The van der Waals surface area contributed by atoms with Crippen LogP contribution in [0.2, 0.25) is 0 Å². The standard InChI is InChI=1S/C12H15N3O4/c1-8(2)13-11(17)12(18)15-14-10(16)6-5-9-4-3-7-19-9/h3-8H,1-2H3,(H,13,17)(H,14,16)(H,15,18)/b6-5+. The fourth-order valence-electron chi connectivity index (χ4n) is 1.09. The number of furan rings is 1. The molecule has 0 aliphatic rings. The van der Waals surface area contributed by atoms with Gasteiger partial charge in [-0.2, -0.15) is 0 Å². The Bertz CT molecular complexity index is 477. The first kappa shape index (κ1) is 14.5. The third kappa shape index (κ3) is 5.53. The molecule has 1 heterocycles. The molecule has 0 bridgehead atoms. The zero-order valence-corrected chi connectivity index (χ0v) is 10.6. The lowest BCUT2D eigenvalue weighted by molar-refractivity contribution is -0.140. The van der Waals surface area contributed by atoms with E-state index in [-0.39, 0.29) is 6.04 Å². The lowest BCUT2D eigenvalue weighted by Gasteiger charge is -2.08. The third-order valence-corrected chi connectivity index (χ3v) is 1.87. The van der Waals surface area contributed by atoms with Crippen LogP contribution in [0.3, 0.4) is 0 Å². The number of hydrogen-bond donors (Lipinski definition) is 3. The Morgan fingerprint density at radius 2 is 1.95 bits per heavy atom. The highest BCUT2D eigenvalue weighted by Crippen LogP contribution is 2.01. The zero-order valence-electron chi connectivity index (χ0n) is 10.6. The highest BCUT2D eigenvalue weighted by Gasteiger charge is 2.14. The number of carbonyl (C=O) groups is 3. The second kappa shape index (κ2) is 7.00. The summed E-state index contributed by atoms with van der Waals surface area (Å²) in [5.74, 6) is -1.83. The van der Waals surface area contributed by atoms with Crippen LogP contribution in [0.5, 0.6) is 0 Å². The van der Waals surface area contributed by atoms with Crippen molar-refractivity contribution in [3.05, 3.63) is 30.2 Å². The maximum atomic E-state index is 11.3. The number of hydrogen-bond acceptors (Lipinski definition) is 4. The minimum absolute atomic E-state index is 0.159. The third-order valence-electron chi connectivity index (χ3n) is 1.87. The van der Waals surface area contributed by atoms with Crippen LogP contribution in [0.1, 0.15) is 19.6 Å². The van der Waals surface area contributed by atoms with Crippen LogP contribution < -0.4 is 16.2 Å². The van der Waals surface area contributed by atoms with Gasteiger partial charge < -0.3 is 9.73 Å². The van der Waals surface area contributed by atoms with E-state index in [2.05, 4.69) is 10.7 Å². The molecule has 1 aromatic heterocycles. The van der Waals surface area contributed by atoms with Crippen LogP contribution in [-0.4, -0.2) is 23.8 Å². The molecule has 1 aromatic rings. The van der Waals surface area contributed by atoms with Gasteiger partial charge in [-0.15, -0.1) is 0 Å². The van der Waals surface area contributed by atoms with Gasteiger partial charge in [-0.05, 0) is 32.1 Å². The summed E-state index contributed by atoms with van der Waals surface area (Å²) in [6.45, 7) is 3.44. The van der Waals surface area contributed by atoms with Gasteiger partial charge in [0.2, 0.25) is 0 Å². The van der Waals surface area contributed by atoms with Gasteiger partial charge in [0.05, 0.1) is 6.26 Å². The van der Waals surface area contributed by atoms with Gasteiger partial charge in [0, 0.05) is 12.1 Å². The summed E-state index contributed by atoms with van der Waals surface area (Å²) >= 11 is 0. The summed E-state index contributed by atoms with van der Waals surface area (Å²) in [5.41, 5.74) is 4.06. The fraction of sp³-hybridized carbons (Fsp3) is 0.250. The summed E-state index contributed by atoms with van der Waals surface area (Å²) < 4.78 is 4.97. The van der Waals surface area contributed by atoms with Crippen LogP contribution in [0.25, 0.3) is 6.08 Å². The van der Waals surface area contributed by atoms with Crippen molar-refractivity contribution < 1.29 is 18.8 Å². The molecule has 0 atom stereocenters. The van der Waals surface area contributed by atoms with E-state index in [9.17, 15) is 14.4 Å². The quantitative estimate of drug-likeness (QED) is 0.405. The Kier molecular flexibility index (Phi) is 5.34. The monoisotopic (exact) mass is 265 g/mol. The maximum Gasteiger partial charge on any atom is 0.327 e. The Hall–Kier alpha value is -2.57. The second-order valence-corrected chi connectivity index (χ2v) is 3.92. The van der Waals surface area contributed by atoms with Crippen LogP contribution in [-0.2, 0) is 14.4 Å². The number of hydrazine groups is 1. The summed E-state index contributed by atoms with van der Waals surface area (Å²) in [4.78, 5) is 33.7. The summed E-state index contributed by atoms with van der Waals surface area (Å²) in [6, 6.07) is 3.18. The van der Waals surface area contributed by atoms with Crippen molar-refractivity contribution in [3.63, 3.8) is 0 Å². The molecule has 19 heavy (non-hydrogen) atoms. The number of rotatable bonds is 3. The van der Waals surface area contributed by atoms with Crippen molar-refractivity contribution >= 4 is 23.8 Å². The van der Waals surface area contributed by atoms with Crippen LogP contribution >= 0.6 is 0 Å². The second-order valence-electron chi connectivity index (χ2n) is 3.92. The molecule has 3 amide bonds. The average molecular weight is 265 g/mol. The van der Waals surface area contributed by atoms with Gasteiger partial charge in [0.15, 0.2) is 0 Å². The topological polar surface area (TPSA) is 100 Å². The minimum Gasteiger partial charge on any atom is -0.465 e. The van der Waals surface area contributed by atoms with Crippen molar-refractivity contribution in [2.45, 2.75) is 19.9 Å². The number of amides is 3. The van der Waals surface area contributed by atoms with E-state index in [1.165, 1.54) is 18.4 Å². The van der Waals surface area contributed by atoms with Gasteiger partial charge in [0.25, 0.3) is 5.91 Å². The molecular formula is C12H15N3O4. The Morgan fingerprint density at radius 1 is 1.21 bits per heavy atom.